The number of hydrogen-bond acceptors (Lipinski definition) is 4. The zero-order chi connectivity index (χ0) is 11.6. The molecule has 0 saturated heterocycles. The first-order valence-electron chi connectivity index (χ1n) is 5.86. The molecule has 4 heteroatoms. The third-order valence-corrected chi connectivity index (χ3v) is 4.30. The van der Waals surface area contributed by atoms with Crippen LogP contribution in [0, 0.1) is 6.92 Å². The molecule has 0 spiro atoms. The van der Waals surface area contributed by atoms with Crippen molar-refractivity contribution in [2.24, 2.45) is 0 Å². The summed E-state index contributed by atoms with van der Waals surface area (Å²) in [7, 11) is 1.82. The number of aryl methyl sites for hydroxylation is 1. The highest BCUT2D eigenvalue weighted by Crippen LogP contribution is 2.34. The maximum Gasteiger partial charge on any atom is 0.0898 e. The molecule has 2 rings (SSSR count). The number of nitrogens with zero attached hydrogens (tertiary/aromatic N) is 1. The van der Waals surface area contributed by atoms with Crippen molar-refractivity contribution < 1.29 is 4.74 Å². The second-order valence-corrected chi connectivity index (χ2v) is 5.70. The molecule has 1 saturated carbocycles. The molecule has 0 aliphatic heterocycles. The molecule has 0 aromatic carbocycles. The Kier molecular flexibility index (Phi) is 3.62. The van der Waals surface area contributed by atoms with Gasteiger partial charge in [-0.25, -0.2) is 4.98 Å². The quantitative estimate of drug-likeness (QED) is 0.859. The summed E-state index contributed by atoms with van der Waals surface area (Å²) in [5.74, 6) is 0. The molecule has 16 heavy (non-hydrogen) atoms. The van der Waals surface area contributed by atoms with Gasteiger partial charge in [-0.05, 0) is 33.1 Å². The van der Waals surface area contributed by atoms with Gasteiger partial charge in [-0.15, -0.1) is 11.3 Å². The second-order valence-electron chi connectivity index (χ2n) is 4.63. The van der Waals surface area contributed by atoms with Crippen LogP contribution in [0.15, 0.2) is 5.38 Å². The molecule has 90 valence electrons. The Bertz CT molecular complexity index is 341. The second kappa shape index (κ2) is 4.82. The zero-order valence-corrected chi connectivity index (χ0v) is 11.1. The van der Waals surface area contributed by atoms with Gasteiger partial charge in [-0.3, -0.25) is 0 Å². The van der Waals surface area contributed by atoms with Crippen molar-refractivity contribution in [2.45, 2.75) is 44.8 Å². The van der Waals surface area contributed by atoms with E-state index in [4.69, 9.17) is 4.74 Å². The summed E-state index contributed by atoms with van der Waals surface area (Å²) >= 11 is 1.71. The van der Waals surface area contributed by atoms with Crippen LogP contribution < -0.4 is 5.32 Å². The van der Waals surface area contributed by atoms with Crippen molar-refractivity contribution in [1.82, 2.24) is 10.3 Å². The van der Waals surface area contributed by atoms with E-state index < -0.39 is 0 Å². The van der Waals surface area contributed by atoms with Crippen LogP contribution in [0.5, 0.6) is 0 Å². The van der Waals surface area contributed by atoms with Crippen molar-refractivity contribution in [3.63, 3.8) is 0 Å². The van der Waals surface area contributed by atoms with E-state index >= 15 is 0 Å². The van der Waals surface area contributed by atoms with Gasteiger partial charge in [-0.1, -0.05) is 0 Å². The highest BCUT2D eigenvalue weighted by Gasteiger charge is 2.36. The van der Waals surface area contributed by atoms with E-state index in [2.05, 4.69) is 22.6 Å². The Morgan fingerprint density at radius 3 is 2.81 bits per heavy atom. The Morgan fingerprint density at radius 2 is 2.38 bits per heavy atom. The number of aromatic nitrogens is 1. The summed E-state index contributed by atoms with van der Waals surface area (Å²) in [4.78, 5) is 4.50. The number of nitrogens with one attached hydrogen (secondary N) is 1. The van der Waals surface area contributed by atoms with E-state index in [-0.39, 0.29) is 5.60 Å². The van der Waals surface area contributed by atoms with Crippen molar-refractivity contribution in [2.75, 3.05) is 13.7 Å². The lowest BCUT2D eigenvalue weighted by Gasteiger charge is -2.41. The lowest BCUT2D eigenvalue weighted by Crippen LogP contribution is -2.48. The fourth-order valence-electron chi connectivity index (χ4n) is 2.05. The van der Waals surface area contributed by atoms with Gasteiger partial charge < -0.3 is 10.1 Å². The summed E-state index contributed by atoms with van der Waals surface area (Å²) in [5.41, 5.74) is 1.24. The third-order valence-electron chi connectivity index (χ3n) is 3.51. The standard InChI is InChI=1S/C12H20N2OS/c1-9(11-7-16-10(2)14-11)13-8-12(15-3)5-4-6-12/h7,9,13H,4-6,8H2,1-3H3. The van der Waals surface area contributed by atoms with Gasteiger partial charge >= 0.3 is 0 Å². The predicted octanol–water partition coefficient (Wildman–Crippen LogP) is 2.67. The minimum atomic E-state index is 0.0966. The van der Waals surface area contributed by atoms with Gasteiger partial charge in [0.25, 0.3) is 0 Å². The van der Waals surface area contributed by atoms with Gasteiger partial charge in [-0.2, -0.15) is 0 Å². The van der Waals surface area contributed by atoms with Crippen molar-refractivity contribution >= 4 is 11.3 Å². The molecule has 1 fully saturated rings. The zero-order valence-electron chi connectivity index (χ0n) is 10.2. The Hall–Kier alpha value is -0.450. The van der Waals surface area contributed by atoms with Crippen LogP contribution in [-0.2, 0) is 4.74 Å². The number of thiazole rings is 1. The van der Waals surface area contributed by atoms with Crippen LogP contribution in [0.3, 0.4) is 0 Å². The molecule has 1 aromatic rings. The fourth-order valence-corrected chi connectivity index (χ4v) is 2.75. The van der Waals surface area contributed by atoms with Crippen molar-refractivity contribution in [1.29, 1.82) is 0 Å². The molecular weight excluding hydrogens is 220 g/mol. The highest BCUT2D eigenvalue weighted by atomic mass is 32.1. The lowest BCUT2D eigenvalue weighted by atomic mass is 9.80. The molecule has 1 atom stereocenters. The van der Waals surface area contributed by atoms with Crippen LogP contribution in [0.4, 0.5) is 0 Å². The van der Waals surface area contributed by atoms with Crippen LogP contribution in [-0.4, -0.2) is 24.2 Å². The molecule has 1 N–H and O–H groups in total. The van der Waals surface area contributed by atoms with Crippen LogP contribution >= 0.6 is 11.3 Å². The number of hydrogen-bond donors (Lipinski definition) is 1. The Morgan fingerprint density at radius 1 is 1.62 bits per heavy atom. The average molecular weight is 240 g/mol. The molecule has 3 nitrogen and oxygen atoms in total. The Labute approximate surface area is 101 Å². The van der Waals surface area contributed by atoms with E-state index in [0.717, 1.165) is 17.2 Å². The fraction of sp³-hybridized carbons (Fsp3) is 0.750. The Balaban J connectivity index is 1.86. The molecule has 0 bridgehead atoms. The van der Waals surface area contributed by atoms with Gasteiger partial charge in [0, 0.05) is 25.1 Å². The van der Waals surface area contributed by atoms with Gasteiger partial charge in [0.2, 0.25) is 0 Å². The van der Waals surface area contributed by atoms with Crippen molar-refractivity contribution in [3.8, 4) is 0 Å². The largest absolute Gasteiger partial charge is 0.377 e. The molecular formula is C12H20N2OS. The van der Waals surface area contributed by atoms with Gasteiger partial charge in [0.05, 0.1) is 16.3 Å². The first-order valence-corrected chi connectivity index (χ1v) is 6.74. The first-order chi connectivity index (χ1) is 7.65. The monoisotopic (exact) mass is 240 g/mol. The van der Waals surface area contributed by atoms with Gasteiger partial charge in [0.15, 0.2) is 0 Å². The lowest BCUT2D eigenvalue weighted by molar-refractivity contribution is -0.0707. The normalized spacial score (nSPS) is 20.4. The van der Waals surface area contributed by atoms with Crippen LogP contribution in [0.2, 0.25) is 0 Å². The molecule has 0 radical (unpaired) electrons. The maximum atomic E-state index is 5.58. The van der Waals surface area contributed by atoms with E-state index in [0.29, 0.717) is 6.04 Å². The predicted molar refractivity (Wildman–Crippen MR) is 66.9 cm³/mol. The average Bonchev–Trinajstić information content (AvgIpc) is 2.64. The smallest absolute Gasteiger partial charge is 0.0898 e. The molecule has 1 aliphatic rings. The molecule has 1 heterocycles. The minimum Gasteiger partial charge on any atom is -0.377 e. The van der Waals surface area contributed by atoms with Crippen LogP contribution in [0.25, 0.3) is 0 Å². The highest BCUT2D eigenvalue weighted by molar-refractivity contribution is 7.09. The minimum absolute atomic E-state index is 0.0966. The van der Waals surface area contributed by atoms with E-state index in [1.54, 1.807) is 11.3 Å². The van der Waals surface area contributed by atoms with E-state index in [9.17, 15) is 0 Å². The van der Waals surface area contributed by atoms with E-state index in [1.165, 1.54) is 19.3 Å². The summed E-state index contributed by atoms with van der Waals surface area (Å²) in [6.07, 6.45) is 3.65. The van der Waals surface area contributed by atoms with Gasteiger partial charge in [0.1, 0.15) is 0 Å². The SMILES string of the molecule is COC1(CNC(C)c2csc(C)n2)CCC1. The summed E-state index contributed by atoms with van der Waals surface area (Å²) in [5, 5.41) is 6.79. The summed E-state index contributed by atoms with van der Waals surface area (Å²) in [6, 6.07) is 0.317. The maximum absolute atomic E-state index is 5.58. The number of ether oxygens (including phenoxy) is 1. The van der Waals surface area contributed by atoms with Crippen molar-refractivity contribution in [3.05, 3.63) is 16.1 Å². The topological polar surface area (TPSA) is 34.1 Å². The first kappa shape index (κ1) is 12.0. The molecule has 1 aromatic heterocycles. The number of methoxy groups -OCH3 is 1. The van der Waals surface area contributed by atoms with Crippen LogP contribution in [0.1, 0.15) is 42.9 Å². The summed E-state index contributed by atoms with van der Waals surface area (Å²) in [6.45, 7) is 5.14. The molecule has 1 aliphatic carbocycles. The molecule has 1 unspecified atom stereocenters. The third kappa shape index (κ3) is 2.44. The number of rotatable bonds is 5. The molecule has 0 amide bonds. The van der Waals surface area contributed by atoms with E-state index in [1.807, 2.05) is 14.0 Å². The summed E-state index contributed by atoms with van der Waals surface area (Å²) < 4.78 is 5.58.